The smallest absolute Gasteiger partial charge is 0.350 e. The summed E-state index contributed by atoms with van der Waals surface area (Å²) in [5.41, 5.74) is 0.360. The fraction of sp³-hybridized carbons (Fsp3) is 0.467. The lowest BCUT2D eigenvalue weighted by Gasteiger charge is -2.29. The van der Waals surface area contributed by atoms with Gasteiger partial charge < -0.3 is 15.0 Å². The number of halogens is 1. The Kier molecular flexibility index (Phi) is 8.04. The van der Waals surface area contributed by atoms with Crippen molar-refractivity contribution in [2.75, 3.05) is 19.4 Å². The van der Waals surface area contributed by atoms with Crippen LogP contribution in [0.15, 0.2) is 41.2 Å². The van der Waals surface area contributed by atoms with Crippen molar-refractivity contribution in [3.63, 3.8) is 0 Å². The second-order valence-corrected chi connectivity index (χ2v) is 11.0. The van der Waals surface area contributed by atoms with Gasteiger partial charge in [0.05, 0.1) is 11.7 Å². The molecule has 212 valence electrons. The summed E-state index contributed by atoms with van der Waals surface area (Å²) >= 11 is 0. The third kappa shape index (κ3) is 5.66. The van der Waals surface area contributed by atoms with Gasteiger partial charge >= 0.3 is 5.69 Å². The van der Waals surface area contributed by atoms with E-state index in [2.05, 4.69) is 10.4 Å². The largest absolute Gasteiger partial charge is 0.490 e. The van der Waals surface area contributed by atoms with E-state index in [1.54, 1.807) is 42.9 Å². The molecule has 1 saturated carbocycles. The molecular formula is C30H36FN5O4. The van der Waals surface area contributed by atoms with Crippen molar-refractivity contribution < 1.29 is 18.7 Å². The van der Waals surface area contributed by atoms with Crippen molar-refractivity contribution >= 4 is 17.5 Å². The average molecular weight is 550 g/mol. The molecule has 2 aromatic carbocycles. The summed E-state index contributed by atoms with van der Waals surface area (Å²) in [6.07, 6.45) is 7.73. The minimum atomic E-state index is -0.753. The minimum Gasteiger partial charge on any atom is -0.490 e. The topological polar surface area (TPSA) is 98.5 Å². The normalized spacial score (nSPS) is 16.2. The molecule has 0 spiro atoms. The molecule has 9 nitrogen and oxygen atoms in total. The number of aromatic nitrogens is 3. The number of benzene rings is 2. The first-order chi connectivity index (χ1) is 19.2. The summed E-state index contributed by atoms with van der Waals surface area (Å²) in [4.78, 5) is 40.4. The Morgan fingerprint density at radius 1 is 1.10 bits per heavy atom. The van der Waals surface area contributed by atoms with Crippen LogP contribution in [0.4, 0.5) is 10.1 Å². The van der Waals surface area contributed by atoms with Gasteiger partial charge in [-0.25, -0.2) is 9.18 Å². The Hall–Kier alpha value is -3.95. The molecule has 1 N–H and O–H groups in total. The highest BCUT2D eigenvalue weighted by Crippen LogP contribution is 2.32. The lowest BCUT2D eigenvalue weighted by molar-refractivity contribution is 0.0827. The zero-order chi connectivity index (χ0) is 28.4. The molecule has 1 fully saturated rings. The van der Waals surface area contributed by atoms with E-state index < -0.39 is 17.4 Å². The third-order valence-corrected chi connectivity index (χ3v) is 7.89. The predicted molar refractivity (Wildman–Crippen MR) is 150 cm³/mol. The molecule has 5 rings (SSSR count). The number of fused-ring (bicyclic) bond motifs is 1. The maximum absolute atomic E-state index is 15.6. The van der Waals surface area contributed by atoms with Crippen LogP contribution in [0.1, 0.15) is 78.4 Å². The number of rotatable bonds is 7. The number of aryl methyl sites for hydroxylation is 1. The number of ether oxygens (including phenoxy) is 1. The molecule has 3 aromatic rings. The first-order valence-electron chi connectivity index (χ1n) is 14.1. The number of hydrogen-bond acceptors (Lipinski definition) is 5. The monoisotopic (exact) mass is 549 g/mol. The van der Waals surface area contributed by atoms with Gasteiger partial charge in [0.1, 0.15) is 23.1 Å². The number of nitrogens with one attached hydrogen (secondary N) is 1. The van der Waals surface area contributed by atoms with Gasteiger partial charge in [-0.05, 0) is 62.8 Å². The molecule has 2 amide bonds. The standard InChI is InChI=1S/C30H36FN5O4/c1-19(20-10-5-4-6-11-20)40-26-18-25(36-30(39)35-15-8-7-14-27(35)33-36)24(31)17-23(26)28(37)32-22-13-9-12-21(16-22)29(38)34(2)3/h9,12-13,16-20H,4-8,10-11,14-15H2,1-3H3,(H,32,37)/t19-/m0/s1. The average Bonchev–Trinajstić information content (AvgIpc) is 3.29. The Morgan fingerprint density at radius 3 is 2.60 bits per heavy atom. The van der Waals surface area contributed by atoms with Crippen molar-refractivity contribution in [2.45, 2.75) is 70.9 Å². The molecule has 0 unspecified atom stereocenters. The van der Waals surface area contributed by atoms with Crippen molar-refractivity contribution in [3.05, 3.63) is 69.7 Å². The van der Waals surface area contributed by atoms with Crippen LogP contribution in [-0.4, -0.2) is 51.3 Å². The Morgan fingerprint density at radius 2 is 1.88 bits per heavy atom. The van der Waals surface area contributed by atoms with Crippen LogP contribution in [0.5, 0.6) is 5.75 Å². The third-order valence-electron chi connectivity index (χ3n) is 7.89. The van der Waals surface area contributed by atoms with E-state index in [9.17, 15) is 14.4 Å². The van der Waals surface area contributed by atoms with E-state index >= 15 is 4.39 Å². The van der Waals surface area contributed by atoms with Crippen LogP contribution in [0.3, 0.4) is 0 Å². The van der Waals surface area contributed by atoms with E-state index in [-0.39, 0.29) is 29.0 Å². The van der Waals surface area contributed by atoms with Crippen LogP contribution in [-0.2, 0) is 13.0 Å². The Balaban J connectivity index is 1.51. The highest BCUT2D eigenvalue weighted by molar-refractivity contribution is 6.07. The number of nitrogens with zero attached hydrogens (tertiary/aromatic N) is 4. The van der Waals surface area contributed by atoms with Crippen LogP contribution < -0.4 is 15.7 Å². The summed E-state index contributed by atoms with van der Waals surface area (Å²) in [5.74, 6) is -0.410. The van der Waals surface area contributed by atoms with Gasteiger partial charge in [0.25, 0.3) is 11.8 Å². The summed E-state index contributed by atoms with van der Waals surface area (Å²) in [6.45, 7) is 2.52. The summed E-state index contributed by atoms with van der Waals surface area (Å²) < 4.78 is 24.6. The zero-order valence-electron chi connectivity index (χ0n) is 23.3. The lowest BCUT2D eigenvalue weighted by atomic mass is 9.86. The van der Waals surface area contributed by atoms with Gasteiger partial charge in [0.2, 0.25) is 0 Å². The lowest BCUT2D eigenvalue weighted by Crippen LogP contribution is -2.28. The fourth-order valence-electron chi connectivity index (χ4n) is 5.62. The molecule has 1 aliphatic carbocycles. The van der Waals surface area contributed by atoms with Crippen molar-refractivity contribution in [1.82, 2.24) is 19.2 Å². The van der Waals surface area contributed by atoms with Crippen molar-refractivity contribution in [2.24, 2.45) is 5.92 Å². The first kappa shape index (κ1) is 27.6. The Bertz CT molecular complexity index is 1470. The predicted octanol–water partition coefficient (Wildman–Crippen LogP) is 4.81. The number of carbonyl (C=O) groups excluding carboxylic acids is 2. The van der Waals surface area contributed by atoms with Gasteiger partial charge in [0, 0.05) is 44.4 Å². The highest BCUT2D eigenvalue weighted by Gasteiger charge is 2.27. The van der Waals surface area contributed by atoms with Gasteiger partial charge in [0.15, 0.2) is 0 Å². The van der Waals surface area contributed by atoms with Crippen molar-refractivity contribution in [1.29, 1.82) is 0 Å². The quantitative estimate of drug-likeness (QED) is 0.456. The maximum atomic E-state index is 15.6. The van der Waals surface area contributed by atoms with Crippen LogP contribution in [0, 0.1) is 11.7 Å². The van der Waals surface area contributed by atoms with Gasteiger partial charge in [-0.3, -0.25) is 14.2 Å². The molecule has 1 aliphatic heterocycles. The number of carbonyl (C=O) groups is 2. The fourth-order valence-corrected chi connectivity index (χ4v) is 5.62. The highest BCUT2D eigenvalue weighted by atomic mass is 19.1. The second kappa shape index (κ2) is 11.7. The molecule has 40 heavy (non-hydrogen) atoms. The molecule has 1 atom stereocenters. The van der Waals surface area contributed by atoms with E-state index in [1.807, 2.05) is 6.92 Å². The number of amides is 2. The van der Waals surface area contributed by atoms with Crippen LogP contribution in [0.25, 0.3) is 5.69 Å². The van der Waals surface area contributed by atoms with E-state index in [0.29, 0.717) is 36.0 Å². The van der Waals surface area contributed by atoms with Gasteiger partial charge in [-0.15, -0.1) is 5.10 Å². The maximum Gasteiger partial charge on any atom is 0.350 e. The zero-order valence-corrected chi connectivity index (χ0v) is 23.3. The Labute approximate surface area is 232 Å². The molecule has 2 heterocycles. The van der Waals surface area contributed by atoms with E-state index in [4.69, 9.17) is 4.74 Å². The first-order valence-corrected chi connectivity index (χ1v) is 14.1. The molecule has 0 bridgehead atoms. The summed E-state index contributed by atoms with van der Waals surface area (Å²) in [6, 6.07) is 9.09. The summed E-state index contributed by atoms with van der Waals surface area (Å²) in [7, 11) is 3.30. The molecule has 2 aliphatic rings. The second-order valence-electron chi connectivity index (χ2n) is 11.0. The molecular weight excluding hydrogens is 513 g/mol. The van der Waals surface area contributed by atoms with Crippen LogP contribution >= 0.6 is 0 Å². The van der Waals surface area contributed by atoms with E-state index in [0.717, 1.165) is 49.3 Å². The van der Waals surface area contributed by atoms with Gasteiger partial charge in [-0.1, -0.05) is 25.3 Å². The number of hydrogen-bond donors (Lipinski definition) is 1. The number of anilines is 1. The molecule has 1 aromatic heterocycles. The minimum absolute atomic E-state index is 0.00488. The van der Waals surface area contributed by atoms with Crippen LogP contribution in [0.2, 0.25) is 0 Å². The molecule has 10 heteroatoms. The van der Waals surface area contributed by atoms with Gasteiger partial charge in [-0.2, -0.15) is 4.68 Å². The summed E-state index contributed by atoms with van der Waals surface area (Å²) in [5, 5.41) is 7.19. The molecule has 0 radical (unpaired) electrons. The van der Waals surface area contributed by atoms with Crippen molar-refractivity contribution in [3.8, 4) is 11.4 Å². The molecule has 0 saturated heterocycles. The SMILES string of the molecule is C[C@H](Oc1cc(-n2nc3n(c2=O)CCCC3)c(F)cc1C(=O)Nc1cccc(C(=O)N(C)C)c1)C1CCCCC1. The van der Waals surface area contributed by atoms with E-state index in [1.165, 1.54) is 17.4 Å².